The van der Waals surface area contributed by atoms with Crippen molar-refractivity contribution in [3.63, 3.8) is 0 Å². The van der Waals surface area contributed by atoms with Crippen LogP contribution in [-0.4, -0.2) is 41.2 Å². The highest BCUT2D eigenvalue weighted by atomic mass is 16.5. The molecule has 1 heterocycles. The SMILES string of the molecule is CC(=O)Nc1ccc(CN2CCC(O)(COc3ccc(C)cc3C)CC2)cc1. The van der Waals surface area contributed by atoms with Gasteiger partial charge in [-0.05, 0) is 56.0 Å². The molecule has 1 aliphatic heterocycles. The molecule has 2 aromatic carbocycles. The number of hydrogen-bond donors (Lipinski definition) is 2. The van der Waals surface area contributed by atoms with E-state index in [9.17, 15) is 9.90 Å². The van der Waals surface area contributed by atoms with Crippen molar-refractivity contribution in [1.29, 1.82) is 0 Å². The molecule has 1 amide bonds. The van der Waals surface area contributed by atoms with Crippen LogP contribution in [-0.2, 0) is 11.3 Å². The number of hydrogen-bond acceptors (Lipinski definition) is 4. The van der Waals surface area contributed by atoms with Gasteiger partial charge in [0.25, 0.3) is 0 Å². The number of anilines is 1. The fourth-order valence-corrected chi connectivity index (χ4v) is 3.60. The first-order valence-corrected chi connectivity index (χ1v) is 9.84. The molecule has 2 N–H and O–H groups in total. The normalized spacial score (nSPS) is 16.6. The third-order valence-electron chi connectivity index (χ3n) is 5.29. The quantitative estimate of drug-likeness (QED) is 0.800. The molecule has 5 heteroatoms. The Balaban J connectivity index is 1.48. The van der Waals surface area contributed by atoms with Gasteiger partial charge in [-0.25, -0.2) is 0 Å². The van der Waals surface area contributed by atoms with Crippen molar-refractivity contribution in [1.82, 2.24) is 4.90 Å². The molecule has 150 valence electrons. The Morgan fingerprint density at radius 3 is 2.43 bits per heavy atom. The van der Waals surface area contributed by atoms with Crippen molar-refractivity contribution >= 4 is 11.6 Å². The summed E-state index contributed by atoms with van der Waals surface area (Å²) < 4.78 is 5.93. The van der Waals surface area contributed by atoms with Crippen LogP contribution in [0.4, 0.5) is 5.69 Å². The number of piperidine rings is 1. The van der Waals surface area contributed by atoms with Gasteiger partial charge in [0.2, 0.25) is 5.91 Å². The lowest BCUT2D eigenvalue weighted by atomic mass is 9.92. The van der Waals surface area contributed by atoms with Gasteiger partial charge in [-0.2, -0.15) is 0 Å². The van der Waals surface area contributed by atoms with Crippen LogP contribution in [0.1, 0.15) is 36.5 Å². The van der Waals surface area contributed by atoms with Crippen LogP contribution in [0, 0.1) is 13.8 Å². The number of rotatable bonds is 6. The van der Waals surface area contributed by atoms with Crippen molar-refractivity contribution in [2.75, 3.05) is 25.0 Å². The van der Waals surface area contributed by atoms with Gasteiger partial charge in [0.1, 0.15) is 18.0 Å². The van der Waals surface area contributed by atoms with Crippen molar-refractivity contribution in [3.05, 3.63) is 59.2 Å². The van der Waals surface area contributed by atoms with Gasteiger partial charge >= 0.3 is 0 Å². The molecule has 1 saturated heterocycles. The van der Waals surface area contributed by atoms with E-state index in [2.05, 4.69) is 23.2 Å². The third-order valence-corrected chi connectivity index (χ3v) is 5.29. The van der Waals surface area contributed by atoms with E-state index in [1.165, 1.54) is 18.1 Å². The second-order valence-corrected chi connectivity index (χ2v) is 7.94. The van der Waals surface area contributed by atoms with Crippen molar-refractivity contribution < 1.29 is 14.6 Å². The predicted molar refractivity (Wildman–Crippen MR) is 112 cm³/mol. The number of carbonyl (C=O) groups excluding carboxylic acids is 1. The van der Waals surface area contributed by atoms with Crippen LogP contribution in [0.2, 0.25) is 0 Å². The number of likely N-dealkylation sites (tertiary alicyclic amines) is 1. The maximum Gasteiger partial charge on any atom is 0.221 e. The Hall–Kier alpha value is -2.37. The lowest BCUT2D eigenvalue weighted by Gasteiger charge is -2.38. The van der Waals surface area contributed by atoms with E-state index in [1.54, 1.807) is 0 Å². The number of aliphatic hydroxyl groups is 1. The summed E-state index contributed by atoms with van der Waals surface area (Å²) in [6.45, 7) is 8.44. The van der Waals surface area contributed by atoms with Gasteiger partial charge in [0.15, 0.2) is 0 Å². The molecule has 0 bridgehead atoms. The van der Waals surface area contributed by atoms with Crippen LogP contribution in [0.5, 0.6) is 5.75 Å². The molecular formula is C23H30N2O3. The van der Waals surface area contributed by atoms with Gasteiger partial charge in [-0.1, -0.05) is 29.8 Å². The molecule has 0 spiro atoms. The van der Waals surface area contributed by atoms with Gasteiger partial charge < -0.3 is 15.2 Å². The highest BCUT2D eigenvalue weighted by Crippen LogP contribution is 2.26. The van der Waals surface area contributed by atoms with E-state index in [0.717, 1.165) is 36.6 Å². The first-order chi connectivity index (χ1) is 13.3. The molecule has 0 radical (unpaired) electrons. The molecule has 0 unspecified atom stereocenters. The van der Waals surface area contributed by atoms with Crippen LogP contribution >= 0.6 is 0 Å². The van der Waals surface area contributed by atoms with Gasteiger partial charge in [-0.3, -0.25) is 9.69 Å². The number of amides is 1. The average molecular weight is 383 g/mol. The standard InChI is InChI=1S/C23H30N2O3/c1-17-4-9-22(18(2)14-17)28-16-23(27)10-12-25(13-11-23)15-20-5-7-21(8-6-20)24-19(3)26/h4-9,14,27H,10-13,15-16H2,1-3H3,(H,24,26). The Kier molecular flexibility index (Phi) is 6.37. The molecule has 0 saturated carbocycles. The van der Waals surface area contributed by atoms with Crippen LogP contribution in [0.3, 0.4) is 0 Å². The maximum absolute atomic E-state index is 11.1. The molecule has 3 rings (SSSR count). The molecule has 0 aliphatic carbocycles. The van der Waals surface area contributed by atoms with Gasteiger partial charge in [-0.15, -0.1) is 0 Å². The van der Waals surface area contributed by atoms with E-state index in [-0.39, 0.29) is 5.91 Å². The van der Waals surface area contributed by atoms with Crippen LogP contribution in [0.25, 0.3) is 0 Å². The Bertz CT molecular complexity index is 809. The number of nitrogens with zero attached hydrogens (tertiary/aromatic N) is 1. The molecule has 5 nitrogen and oxygen atoms in total. The molecule has 1 aliphatic rings. The summed E-state index contributed by atoms with van der Waals surface area (Å²) in [5.74, 6) is 0.784. The summed E-state index contributed by atoms with van der Waals surface area (Å²) in [4.78, 5) is 13.4. The number of carbonyl (C=O) groups is 1. The minimum atomic E-state index is -0.775. The van der Waals surface area contributed by atoms with Crippen molar-refractivity contribution in [2.45, 2.75) is 45.8 Å². The average Bonchev–Trinajstić information content (AvgIpc) is 2.64. The lowest BCUT2D eigenvalue weighted by Crippen LogP contribution is -2.47. The zero-order valence-electron chi connectivity index (χ0n) is 17.0. The van der Waals surface area contributed by atoms with Crippen molar-refractivity contribution in [2.24, 2.45) is 0 Å². The van der Waals surface area contributed by atoms with E-state index < -0.39 is 5.60 Å². The summed E-state index contributed by atoms with van der Waals surface area (Å²) >= 11 is 0. The maximum atomic E-state index is 11.1. The second-order valence-electron chi connectivity index (χ2n) is 7.94. The summed E-state index contributed by atoms with van der Waals surface area (Å²) in [5, 5.41) is 13.7. The Morgan fingerprint density at radius 2 is 1.82 bits per heavy atom. The number of nitrogens with one attached hydrogen (secondary N) is 1. The number of aryl methyl sites for hydroxylation is 2. The molecule has 0 aromatic heterocycles. The van der Waals surface area contributed by atoms with Gasteiger partial charge in [0, 0.05) is 32.2 Å². The monoisotopic (exact) mass is 382 g/mol. The van der Waals surface area contributed by atoms with E-state index in [4.69, 9.17) is 4.74 Å². The number of ether oxygens (including phenoxy) is 1. The van der Waals surface area contributed by atoms with Gasteiger partial charge in [0.05, 0.1) is 0 Å². The summed E-state index contributed by atoms with van der Waals surface area (Å²) in [6.07, 6.45) is 1.39. The lowest BCUT2D eigenvalue weighted by molar-refractivity contribution is -0.114. The molecule has 1 fully saturated rings. The van der Waals surface area contributed by atoms with E-state index >= 15 is 0 Å². The first-order valence-electron chi connectivity index (χ1n) is 9.84. The van der Waals surface area contributed by atoms with Crippen molar-refractivity contribution in [3.8, 4) is 5.75 Å². The zero-order valence-corrected chi connectivity index (χ0v) is 17.0. The molecule has 2 aromatic rings. The largest absolute Gasteiger partial charge is 0.490 e. The van der Waals surface area contributed by atoms with E-state index in [1.807, 2.05) is 43.3 Å². The minimum Gasteiger partial charge on any atom is -0.490 e. The summed E-state index contributed by atoms with van der Waals surface area (Å²) in [5.41, 5.74) is 3.55. The first kappa shape index (κ1) is 20.4. The molecular weight excluding hydrogens is 352 g/mol. The minimum absolute atomic E-state index is 0.0638. The predicted octanol–water partition coefficient (Wildman–Crippen LogP) is 3.67. The Morgan fingerprint density at radius 1 is 1.14 bits per heavy atom. The van der Waals surface area contributed by atoms with Crippen LogP contribution < -0.4 is 10.1 Å². The third kappa shape index (κ3) is 5.57. The zero-order chi connectivity index (χ0) is 20.1. The highest BCUT2D eigenvalue weighted by Gasteiger charge is 2.33. The fourth-order valence-electron chi connectivity index (χ4n) is 3.60. The topological polar surface area (TPSA) is 61.8 Å². The Labute approximate surface area is 167 Å². The second kappa shape index (κ2) is 8.76. The highest BCUT2D eigenvalue weighted by molar-refractivity contribution is 5.88. The fraction of sp³-hybridized carbons (Fsp3) is 0.435. The number of benzene rings is 2. The molecule has 0 atom stereocenters. The van der Waals surface area contributed by atoms with Crippen LogP contribution in [0.15, 0.2) is 42.5 Å². The molecule has 28 heavy (non-hydrogen) atoms. The van der Waals surface area contributed by atoms with E-state index in [0.29, 0.717) is 19.4 Å². The smallest absolute Gasteiger partial charge is 0.221 e. The summed E-state index contributed by atoms with van der Waals surface area (Å²) in [6, 6.07) is 14.0. The summed E-state index contributed by atoms with van der Waals surface area (Å²) in [7, 11) is 0.